The molecule has 0 saturated heterocycles. The van der Waals surface area contributed by atoms with Gasteiger partial charge in [0.05, 0.1) is 18.7 Å². The van der Waals surface area contributed by atoms with Gasteiger partial charge in [0.25, 0.3) is 0 Å². The van der Waals surface area contributed by atoms with Crippen molar-refractivity contribution < 1.29 is 9.53 Å². The molecule has 0 amide bonds. The van der Waals surface area contributed by atoms with Crippen LogP contribution in [0.4, 0.5) is 5.69 Å². The van der Waals surface area contributed by atoms with E-state index in [4.69, 9.17) is 17.0 Å². The molecule has 0 aromatic heterocycles. The molecule has 2 rings (SSSR count). The monoisotopic (exact) mass is 356 g/mol. The zero-order valence-electron chi connectivity index (χ0n) is 14.8. The minimum atomic E-state index is -0.371. The Bertz CT molecular complexity index is 717. The van der Waals surface area contributed by atoms with Gasteiger partial charge in [-0.2, -0.15) is 0 Å². The van der Waals surface area contributed by atoms with Gasteiger partial charge in [-0.25, -0.2) is 4.79 Å². The van der Waals surface area contributed by atoms with E-state index in [0.29, 0.717) is 16.6 Å². The average Bonchev–Trinajstić information content (AvgIpc) is 2.61. The van der Waals surface area contributed by atoms with Crippen molar-refractivity contribution in [2.24, 2.45) is 5.92 Å². The number of anilines is 1. The van der Waals surface area contributed by atoms with Gasteiger partial charge in [-0.3, -0.25) is 0 Å². The zero-order valence-corrected chi connectivity index (χ0v) is 15.6. The third-order valence-corrected chi connectivity index (χ3v) is 3.98. The molecule has 2 aromatic rings. The summed E-state index contributed by atoms with van der Waals surface area (Å²) in [6.07, 6.45) is 0.966. The standard InChI is InChI=1S/C20H24N2O2S/c1-14(2)12-18(15-8-5-4-6-9-15)22-20(25)21-17-11-7-10-16(13-17)19(23)24-3/h4-11,13-14,18H,12H2,1-3H3,(H2,21,22,25)/t18-/m0/s1. The molecule has 5 heteroatoms. The SMILES string of the molecule is COC(=O)c1cccc(NC(=S)N[C@@H](CC(C)C)c2ccccc2)c1. The summed E-state index contributed by atoms with van der Waals surface area (Å²) in [6, 6.07) is 17.5. The van der Waals surface area contributed by atoms with Gasteiger partial charge in [0.15, 0.2) is 5.11 Å². The maximum Gasteiger partial charge on any atom is 0.337 e. The van der Waals surface area contributed by atoms with Crippen LogP contribution in [0, 0.1) is 5.92 Å². The first-order valence-corrected chi connectivity index (χ1v) is 8.71. The molecular formula is C20H24N2O2S. The lowest BCUT2D eigenvalue weighted by molar-refractivity contribution is 0.0601. The van der Waals surface area contributed by atoms with Crippen molar-refractivity contribution in [3.63, 3.8) is 0 Å². The van der Waals surface area contributed by atoms with Gasteiger partial charge in [-0.1, -0.05) is 50.2 Å². The number of carbonyl (C=O) groups excluding carboxylic acids is 1. The Kier molecular flexibility index (Phi) is 6.95. The Balaban J connectivity index is 2.07. The Morgan fingerprint density at radius 1 is 1.12 bits per heavy atom. The molecule has 1 atom stereocenters. The van der Waals surface area contributed by atoms with E-state index in [1.807, 2.05) is 24.3 Å². The van der Waals surface area contributed by atoms with E-state index in [0.717, 1.165) is 12.1 Å². The van der Waals surface area contributed by atoms with Crippen LogP contribution >= 0.6 is 12.2 Å². The quantitative estimate of drug-likeness (QED) is 0.587. The lowest BCUT2D eigenvalue weighted by Gasteiger charge is -2.23. The van der Waals surface area contributed by atoms with Crippen LogP contribution in [0.2, 0.25) is 0 Å². The number of esters is 1. The molecule has 0 unspecified atom stereocenters. The number of carbonyl (C=O) groups is 1. The minimum absolute atomic E-state index is 0.130. The van der Waals surface area contributed by atoms with Gasteiger partial charge in [0, 0.05) is 5.69 Å². The Morgan fingerprint density at radius 2 is 1.84 bits per heavy atom. The van der Waals surface area contributed by atoms with E-state index < -0.39 is 0 Å². The molecule has 0 bridgehead atoms. The highest BCUT2D eigenvalue weighted by Crippen LogP contribution is 2.21. The topological polar surface area (TPSA) is 50.4 Å². The molecule has 2 N–H and O–H groups in total. The van der Waals surface area contributed by atoms with Gasteiger partial charge in [-0.15, -0.1) is 0 Å². The van der Waals surface area contributed by atoms with Gasteiger partial charge in [0.1, 0.15) is 0 Å². The van der Waals surface area contributed by atoms with Crippen molar-refractivity contribution >= 4 is 29.0 Å². The van der Waals surface area contributed by atoms with E-state index >= 15 is 0 Å². The summed E-state index contributed by atoms with van der Waals surface area (Å²) in [5.74, 6) is 0.160. The van der Waals surface area contributed by atoms with Crippen molar-refractivity contribution in [2.75, 3.05) is 12.4 Å². The van der Waals surface area contributed by atoms with Crippen LogP contribution in [0.5, 0.6) is 0 Å². The lowest BCUT2D eigenvalue weighted by atomic mass is 9.97. The number of nitrogens with one attached hydrogen (secondary N) is 2. The predicted molar refractivity (Wildman–Crippen MR) is 106 cm³/mol. The average molecular weight is 356 g/mol. The third kappa shape index (κ3) is 5.87. The number of rotatable bonds is 6. The first-order chi connectivity index (χ1) is 12.0. The van der Waals surface area contributed by atoms with Crippen LogP contribution in [-0.2, 0) is 4.74 Å². The molecule has 0 fully saturated rings. The normalized spacial score (nSPS) is 11.7. The van der Waals surface area contributed by atoms with Crippen molar-refractivity contribution in [3.8, 4) is 0 Å². The predicted octanol–water partition coefficient (Wildman–Crippen LogP) is 4.55. The molecule has 132 valence electrons. The molecule has 25 heavy (non-hydrogen) atoms. The maximum absolute atomic E-state index is 11.6. The smallest absolute Gasteiger partial charge is 0.337 e. The van der Waals surface area contributed by atoms with E-state index in [1.165, 1.54) is 12.7 Å². The third-order valence-electron chi connectivity index (χ3n) is 3.76. The lowest BCUT2D eigenvalue weighted by Crippen LogP contribution is -2.33. The number of methoxy groups -OCH3 is 1. The van der Waals surface area contributed by atoms with E-state index in [2.05, 4.69) is 36.6 Å². The molecular weight excluding hydrogens is 332 g/mol. The number of thiocarbonyl (C=S) groups is 1. The van der Waals surface area contributed by atoms with Crippen molar-refractivity contribution in [1.29, 1.82) is 0 Å². The fourth-order valence-electron chi connectivity index (χ4n) is 2.60. The molecule has 0 radical (unpaired) electrons. The van der Waals surface area contributed by atoms with E-state index in [1.54, 1.807) is 18.2 Å². The Morgan fingerprint density at radius 3 is 2.48 bits per heavy atom. The largest absolute Gasteiger partial charge is 0.465 e. The van der Waals surface area contributed by atoms with Crippen LogP contribution in [0.15, 0.2) is 54.6 Å². The second-order valence-electron chi connectivity index (χ2n) is 6.26. The van der Waals surface area contributed by atoms with Crippen LogP contribution in [-0.4, -0.2) is 18.2 Å². The number of hydrogen-bond donors (Lipinski definition) is 2. The summed E-state index contributed by atoms with van der Waals surface area (Å²) in [5, 5.41) is 7.05. The first-order valence-electron chi connectivity index (χ1n) is 8.30. The van der Waals surface area contributed by atoms with Gasteiger partial charge in [0.2, 0.25) is 0 Å². The Labute approximate surface area is 154 Å². The van der Waals surface area contributed by atoms with Crippen LogP contribution in [0.3, 0.4) is 0 Å². The first kappa shape index (κ1) is 18.9. The molecule has 0 aliphatic heterocycles. The summed E-state index contributed by atoms with van der Waals surface area (Å²) in [5.41, 5.74) is 2.43. The summed E-state index contributed by atoms with van der Waals surface area (Å²) >= 11 is 5.46. The van der Waals surface area contributed by atoms with Crippen molar-refractivity contribution in [1.82, 2.24) is 5.32 Å². The summed E-state index contributed by atoms with van der Waals surface area (Å²) < 4.78 is 4.75. The zero-order chi connectivity index (χ0) is 18.2. The van der Waals surface area contributed by atoms with Crippen LogP contribution < -0.4 is 10.6 Å². The highest BCUT2D eigenvalue weighted by atomic mass is 32.1. The summed E-state index contributed by atoms with van der Waals surface area (Å²) in [4.78, 5) is 11.6. The summed E-state index contributed by atoms with van der Waals surface area (Å²) in [7, 11) is 1.37. The highest BCUT2D eigenvalue weighted by Gasteiger charge is 2.14. The number of benzene rings is 2. The van der Waals surface area contributed by atoms with Gasteiger partial charge < -0.3 is 15.4 Å². The maximum atomic E-state index is 11.6. The molecule has 4 nitrogen and oxygen atoms in total. The molecule has 0 aliphatic rings. The molecule has 0 aliphatic carbocycles. The molecule has 0 spiro atoms. The van der Waals surface area contributed by atoms with E-state index in [9.17, 15) is 4.79 Å². The molecule has 0 heterocycles. The van der Waals surface area contributed by atoms with Gasteiger partial charge >= 0.3 is 5.97 Å². The fraction of sp³-hybridized carbons (Fsp3) is 0.300. The summed E-state index contributed by atoms with van der Waals surface area (Å²) in [6.45, 7) is 4.38. The van der Waals surface area contributed by atoms with Crippen LogP contribution in [0.1, 0.15) is 42.2 Å². The minimum Gasteiger partial charge on any atom is -0.465 e. The van der Waals surface area contributed by atoms with E-state index in [-0.39, 0.29) is 12.0 Å². The molecule has 2 aromatic carbocycles. The van der Waals surface area contributed by atoms with Crippen molar-refractivity contribution in [3.05, 3.63) is 65.7 Å². The van der Waals surface area contributed by atoms with Crippen molar-refractivity contribution in [2.45, 2.75) is 26.3 Å². The number of hydrogen-bond acceptors (Lipinski definition) is 3. The number of ether oxygens (including phenoxy) is 1. The second kappa shape index (κ2) is 9.18. The molecule has 0 saturated carbocycles. The Hall–Kier alpha value is -2.40. The van der Waals surface area contributed by atoms with Gasteiger partial charge in [-0.05, 0) is 48.3 Å². The highest BCUT2D eigenvalue weighted by molar-refractivity contribution is 7.80. The second-order valence-corrected chi connectivity index (χ2v) is 6.67. The van der Waals surface area contributed by atoms with Crippen LogP contribution in [0.25, 0.3) is 0 Å². The fourth-order valence-corrected chi connectivity index (χ4v) is 2.86.